The number of nitrogens with one attached hydrogen (secondary N) is 1. The molecular formula is C13H17ClN2. The number of nitrogens with zero attached hydrogens (tertiary/aromatic N) is 1. The van der Waals surface area contributed by atoms with Gasteiger partial charge in [-0.3, -0.25) is 0 Å². The Kier molecular flexibility index (Phi) is 3.22. The van der Waals surface area contributed by atoms with E-state index in [2.05, 4.69) is 29.9 Å². The molecule has 0 unspecified atom stereocenters. The molecule has 1 aromatic heterocycles. The van der Waals surface area contributed by atoms with E-state index in [1.807, 2.05) is 19.2 Å². The maximum absolute atomic E-state index is 6.03. The Hall–Kier alpha value is -0.990. The Morgan fingerprint density at radius 3 is 2.81 bits per heavy atom. The number of fused-ring (bicyclic) bond motifs is 1. The second-order valence-corrected chi connectivity index (χ2v) is 4.57. The summed E-state index contributed by atoms with van der Waals surface area (Å²) in [4.78, 5) is 0. The van der Waals surface area contributed by atoms with E-state index in [4.69, 9.17) is 11.6 Å². The molecule has 0 bridgehead atoms. The molecule has 0 radical (unpaired) electrons. The standard InChI is InChI=1S/C13H17ClN2/c1-9-11(6-7-15-2)12-5-4-10(14)8-13(12)16(9)3/h4-5,8,15H,6-7H2,1-3H3. The molecule has 1 N–H and O–H groups in total. The van der Waals surface area contributed by atoms with Gasteiger partial charge in [0.2, 0.25) is 0 Å². The van der Waals surface area contributed by atoms with Crippen LogP contribution in [0, 0.1) is 6.92 Å². The minimum absolute atomic E-state index is 0.799. The molecule has 0 saturated carbocycles. The van der Waals surface area contributed by atoms with Crippen molar-refractivity contribution in [2.75, 3.05) is 13.6 Å². The van der Waals surface area contributed by atoms with Crippen molar-refractivity contribution >= 4 is 22.5 Å². The third-order valence-corrected chi connectivity index (χ3v) is 3.45. The molecule has 2 nitrogen and oxygen atoms in total. The van der Waals surface area contributed by atoms with Crippen LogP contribution in [0.4, 0.5) is 0 Å². The molecule has 2 aromatic rings. The van der Waals surface area contributed by atoms with Crippen molar-refractivity contribution < 1.29 is 0 Å². The Balaban J connectivity index is 2.59. The zero-order chi connectivity index (χ0) is 11.7. The summed E-state index contributed by atoms with van der Waals surface area (Å²) in [6.07, 6.45) is 1.06. The molecule has 2 rings (SSSR count). The lowest BCUT2D eigenvalue weighted by Gasteiger charge is -2.01. The van der Waals surface area contributed by atoms with Gasteiger partial charge in [-0.25, -0.2) is 0 Å². The molecule has 0 saturated heterocycles. The van der Waals surface area contributed by atoms with Crippen LogP contribution >= 0.6 is 11.6 Å². The van der Waals surface area contributed by atoms with Crippen molar-refractivity contribution in [1.82, 2.24) is 9.88 Å². The summed E-state index contributed by atoms with van der Waals surface area (Å²) in [6.45, 7) is 3.17. The van der Waals surface area contributed by atoms with E-state index in [-0.39, 0.29) is 0 Å². The Morgan fingerprint density at radius 2 is 2.12 bits per heavy atom. The number of rotatable bonds is 3. The molecule has 0 aliphatic rings. The topological polar surface area (TPSA) is 17.0 Å². The van der Waals surface area contributed by atoms with Crippen LogP contribution < -0.4 is 5.32 Å². The van der Waals surface area contributed by atoms with E-state index in [1.165, 1.54) is 22.2 Å². The van der Waals surface area contributed by atoms with Gasteiger partial charge in [0.15, 0.2) is 0 Å². The molecule has 0 spiro atoms. The fraction of sp³-hybridized carbons (Fsp3) is 0.385. The average Bonchev–Trinajstić information content (AvgIpc) is 2.50. The van der Waals surface area contributed by atoms with Gasteiger partial charge in [0, 0.05) is 28.7 Å². The Bertz CT molecular complexity index is 514. The molecular weight excluding hydrogens is 220 g/mol. The monoisotopic (exact) mass is 236 g/mol. The summed E-state index contributed by atoms with van der Waals surface area (Å²) < 4.78 is 2.21. The first-order chi connectivity index (χ1) is 7.65. The maximum Gasteiger partial charge on any atom is 0.0497 e. The normalized spacial score (nSPS) is 11.2. The molecule has 3 heteroatoms. The number of likely N-dealkylation sites (N-methyl/N-ethyl adjacent to an activating group) is 1. The molecule has 0 atom stereocenters. The van der Waals surface area contributed by atoms with E-state index in [0.29, 0.717) is 0 Å². The second kappa shape index (κ2) is 4.48. The first kappa shape index (κ1) is 11.5. The third-order valence-electron chi connectivity index (χ3n) is 3.21. The van der Waals surface area contributed by atoms with Crippen molar-refractivity contribution in [3.8, 4) is 0 Å². The van der Waals surface area contributed by atoms with Crippen LogP contribution in [-0.2, 0) is 13.5 Å². The van der Waals surface area contributed by atoms with Gasteiger partial charge < -0.3 is 9.88 Å². The number of hydrogen-bond acceptors (Lipinski definition) is 1. The molecule has 0 aliphatic carbocycles. The van der Waals surface area contributed by atoms with Crippen LogP contribution in [0.15, 0.2) is 18.2 Å². The highest BCUT2D eigenvalue weighted by Gasteiger charge is 2.11. The van der Waals surface area contributed by atoms with Crippen molar-refractivity contribution in [1.29, 1.82) is 0 Å². The third kappa shape index (κ3) is 1.83. The van der Waals surface area contributed by atoms with Gasteiger partial charge in [-0.15, -0.1) is 0 Å². The van der Waals surface area contributed by atoms with E-state index < -0.39 is 0 Å². The minimum atomic E-state index is 0.799. The number of benzene rings is 1. The summed E-state index contributed by atoms with van der Waals surface area (Å²) in [5.41, 5.74) is 3.96. The lowest BCUT2D eigenvalue weighted by Crippen LogP contribution is -2.10. The first-order valence-electron chi connectivity index (χ1n) is 5.53. The summed E-state index contributed by atoms with van der Waals surface area (Å²) in [6, 6.07) is 6.12. The number of halogens is 1. The zero-order valence-electron chi connectivity index (χ0n) is 9.97. The van der Waals surface area contributed by atoms with Gasteiger partial charge in [-0.2, -0.15) is 0 Å². The van der Waals surface area contributed by atoms with Crippen LogP contribution in [0.1, 0.15) is 11.3 Å². The summed E-state index contributed by atoms with van der Waals surface area (Å²) in [5, 5.41) is 5.31. The Morgan fingerprint density at radius 1 is 1.38 bits per heavy atom. The van der Waals surface area contributed by atoms with Crippen LogP contribution in [0.25, 0.3) is 10.9 Å². The van der Waals surface area contributed by atoms with E-state index in [9.17, 15) is 0 Å². The number of hydrogen-bond donors (Lipinski definition) is 1. The molecule has 0 aliphatic heterocycles. The lowest BCUT2D eigenvalue weighted by molar-refractivity contribution is 0.783. The van der Waals surface area contributed by atoms with Crippen LogP contribution in [0.5, 0.6) is 0 Å². The quantitative estimate of drug-likeness (QED) is 0.867. The van der Waals surface area contributed by atoms with E-state index in [1.54, 1.807) is 0 Å². The summed E-state index contributed by atoms with van der Waals surface area (Å²) in [5.74, 6) is 0. The van der Waals surface area contributed by atoms with E-state index in [0.717, 1.165) is 18.0 Å². The summed E-state index contributed by atoms with van der Waals surface area (Å²) in [7, 11) is 4.08. The molecule has 1 heterocycles. The van der Waals surface area contributed by atoms with Gasteiger partial charge >= 0.3 is 0 Å². The smallest absolute Gasteiger partial charge is 0.0497 e. The highest BCUT2D eigenvalue weighted by Crippen LogP contribution is 2.27. The zero-order valence-corrected chi connectivity index (χ0v) is 10.7. The van der Waals surface area contributed by atoms with Gasteiger partial charge in [0.05, 0.1) is 0 Å². The molecule has 0 fully saturated rings. The summed E-state index contributed by atoms with van der Waals surface area (Å²) >= 11 is 6.03. The van der Waals surface area contributed by atoms with Crippen molar-refractivity contribution in [3.63, 3.8) is 0 Å². The van der Waals surface area contributed by atoms with Crippen LogP contribution in [-0.4, -0.2) is 18.2 Å². The van der Waals surface area contributed by atoms with Gasteiger partial charge in [0.1, 0.15) is 0 Å². The molecule has 0 amide bonds. The van der Waals surface area contributed by atoms with Crippen molar-refractivity contribution in [2.45, 2.75) is 13.3 Å². The second-order valence-electron chi connectivity index (χ2n) is 4.14. The average molecular weight is 237 g/mol. The predicted molar refractivity (Wildman–Crippen MR) is 70.3 cm³/mol. The largest absolute Gasteiger partial charge is 0.348 e. The highest BCUT2D eigenvalue weighted by atomic mass is 35.5. The minimum Gasteiger partial charge on any atom is -0.348 e. The van der Waals surface area contributed by atoms with Gasteiger partial charge in [-0.1, -0.05) is 17.7 Å². The fourth-order valence-electron chi connectivity index (χ4n) is 2.18. The molecule has 16 heavy (non-hydrogen) atoms. The SMILES string of the molecule is CNCCc1c(C)n(C)c2cc(Cl)ccc12. The van der Waals surface area contributed by atoms with Crippen LogP contribution in [0.3, 0.4) is 0 Å². The van der Waals surface area contributed by atoms with Crippen LogP contribution in [0.2, 0.25) is 5.02 Å². The maximum atomic E-state index is 6.03. The highest BCUT2D eigenvalue weighted by molar-refractivity contribution is 6.31. The van der Waals surface area contributed by atoms with Crippen molar-refractivity contribution in [2.24, 2.45) is 7.05 Å². The van der Waals surface area contributed by atoms with Crippen molar-refractivity contribution in [3.05, 3.63) is 34.5 Å². The first-order valence-corrected chi connectivity index (χ1v) is 5.91. The molecule has 86 valence electrons. The number of aromatic nitrogens is 1. The van der Waals surface area contributed by atoms with Gasteiger partial charge in [-0.05, 0) is 44.6 Å². The predicted octanol–water partition coefficient (Wildman–Crippen LogP) is 2.90. The van der Waals surface area contributed by atoms with Gasteiger partial charge in [0.25, 0.3) is 0 Å². The lowest BCUT2D eigenvalue weighted by atomic mass is 10.1. The fourth-order valence-corrected chi connectivity index (χ4v) is 2.35. The number of aryl methyl sites for hydroxylation is 1. The van der Waals surface area contributed by atoms with E-state index >= 15 is 0 Å². The Labute approximate surface area is 101 Å². The molecule has 1 aromatic carbocycles.